The summed E-state index contributed by atoms with van der Waals surface area (Å²) in [5.74, 6) is 1.06. The number of carbonyl (C=O) groups excluding carboxylic acids is 1. The monoisotopic (exact) mass is 296 g/mol. The predicted molar refractivity (Wildman–Crippen MR) is 75.8 cm³/mol. The fourth-order valence-corrected chi connectivity index (χ4v) is 2.40. The van der Waals surface area contributed by atoms with Crippen LogP contribution in [-0.2, 0) is 6.42 Å². The van der Waals surface area contributed by atoms with Gasteiger partial charge in [-0.05, 0) is 6.92 Å². The Morgan fingerprint density at radius 1 is 1.45 bits per heavy atom. The topological polar surface area (TPSA) is 119 Å². The summed E-state index contributed by atoms with van der Waals surface area (Å²) in [6, 6.07) is 0. The third-order valence-corrected chi connectivity index (χ3v) is 3.42. The zero-order chi connectivity index (χ0) is 14.5. The molecule has 2 aromatic heterocycles. The molecule has 0 aliphatic heterocycles. The lowest BCUT2D eigenvalue weighted by atomic mass is 10.4. The summed E-state index contributed by atoms with van der Waals surface area (Å²) >= 11 is 1.23. The highest BCUT2D eigenvalue weighted by atomic mass is 32.1. The number of anilines is 2. The van der Waals surface area contributed by atoms with Crippen molar-refractivity contribution in [3.8, 4) is 0 Å². The van der Waals surface area contributed by atoms with Gasteiger partial charge in [0.05, 0.1) is 0 Å². The van der Waals surface area contributed by atoms with E-state index in [1.807, 2.05) is 6.92 Å². The van der Waals surface area contributed by atoms with Gasteiger partial charge in [-0.1, -0.05) is 16.5 Å². The molecule has 1 amide bonds. The quantitative estimate of drug-likeness (QED) is 0.722. The first kappa shape index (κ1) is 14.3. The zero-order valence-corrected chi connectivity index (χ0v) is 12.1. The number of rotatable bonds is 6. The summed E-state index contributed by atoms with van der Waals surface area (Å²) in [7, 11) is 0. The number of nitrogen functional groups attached to an aromatic ring is 1. The van der Waals surface area contributed by atoms with Crippen LogP contribution in [-0.4, -0.2) is 34.1 Å². The van der Waals surface area contributed by atoms with Gasteiger partial charge in [-0.25, -0.2) is 4.98 Å². The molecule has 0 radical (unpaired) electrons. The van der Waals surface area contributed by atoms with Gasteiger partial charge < -0.3 is 20.9 Å². The number of aryl methyl sites for hydroxylation is 1. The molecule has 0 bridgehead atoms. The van der Waals surface area contributed by atoms with Crippen LogP contribution in [0, 0.1) is 6.92 Å². The number of hydrogen-bond donors (Lipinski definition) is 3. The molecule has 9 heteroatoms. The maximum atomic E-state index is 12.0. The summed E-state index contributed by atoms with van der Waals surface area (Å²) in [4.78, 5) is 20.5. The number of amides is 1. The van der Waals surface area contributed by atoms with Gasteiger partial charge in [0.2, 0.25) is 5.89 Å². The van der Waals surface area contributed by atoms with E-state index in [-0.39, 0.29) is 11.7 Å². The van der Waals surface area contributed by atoms with E-state index in [4.69, 9.17) is 10.3 Å². The minimum absolute atomic E-state index is 0.235. The Labute approximate surface area is 119 Å². The Hall–Kier alpha value is -2.16. The Morgan fingerprint density at radius 2 is 2.25 bits per heavy atom. The van der Waals surface area contributed by atoms with Gasteiger partial charge in [-0.3, -0.25) is 4.79 Å². The molecule has 20 heavy (non-hydrogen) atoms. The number of hydrogen-bond acceptors (Lipinski definition) is 8. The van der Waals surface area contributed by atoms with Gasteiger partial charge in [-0.2, -0.15) is 4.98 Å². The first-order valence-electron chi connectivity index (χ1n) is 6.17. The molecule has 0 saturated carbocycles. The van der Waals surface area contributed by atoms with Crippen LogP contribution in [0.4, 0.5) is 10.9 Å². The first-order chi connectivity index (χ1) is 9.60. The van der Waals surface area contributed by atoms with Gasteiger partial charge in [0.1, 0.15) is 10.7 Å². The fraction of sp³-hybridized carbons (Fsp3) is 0.455. The molecule has 2 aromatic rings. The average molecular weight is 296 g/mol. The van der Waals surface area contributed by atoms with Gasteiger partial charge in [0.15, 0.2) is 11.0 Å². The highest BCUT2D eigenvalue weighted by Crippen LogP contribution is 2.24. The maximum absolute atomic E-state index is 12.0. The molecule has 2 rings (SSSR count). The molecule has 108 valence electrons. The number of nitrogens with two attached hydrogens (primary N) is 1. The van der Waals surface area contributed by atoms with E-state index in [1.54, 1.807) is 6.92 Å². The van der Waals surface area contributed by atoms with E-state index < -0.39 is 0 Å². The zero-order valence-electron chi connectivity index (χ0n) is 11.3. The molecule has 0 unspecified atom stereocenters. The van der Waals surface area contributed by atoms with Gasteiger partial charge in [0, 0.05) is 26.4 Å². The lowest BCUT2D eigenvalue weighted by molar-refractivity contribution is 0.0958. The smallest absolute Gasteiger partial charge is 0.265 e. The van der Waals surface area contributed by atoms with Crippen molar-refractivity contribution in [2.24, 2.45) is 0 Å². The molecule has 0 fully saturated rings. The van der Waals surface area contributed by atoms with Crippen molar-refractivity contribution in [3.63, 3.8) is 0 Å². The number of thiazole rings is 1. The third kappa shape index (κ3) is 3.44. The highest BCUT2D eigenvalue weighted by Gasteiger charge is 2.15. The van der Waals surface area contributed by atoms with Crippen molar-refractivity contribution in [2.75, 3.05) is 24.1 Å². The van der Waals surface area contributed by atoms with Gasteiger partial charge >= 0.3 is 0 Å². The van der Waals surface area contributed by atoms with E-state index >= 15 is 0 Å². The van der Waals surface area contributed by atoms with Crippen molar-refractivity contribution in [2.45, 2.75) is 20.3 Å². The number of aromatic nitrogens is 3. The van der Waals surface area contributed by atoms with Crippen LogP contribution >= 0.6 is 11.3 Å². The van der Waals surface area contributed by atoms with Crippen LogP contribution in [0.5, 0.6) is 0 Å². The van der Waals surface area contributed by atoms with Crippen LogP contribution in [0.15, 0.2) is 4.52 Å². The minimum Gasteiger partial charge on any atom is -0.382 e. The lowest BCUT2D eigenvalue weighted by Gasteiger charge is -2.01. The predicted octanol–water partition coefficient (Wildman–Crippen LogP) is 0.821. The Morgan fingerprint density at radius 3 is 2.90 bits per heavy atom. The van der Waals surface area contributed by atoms with Crippen LogP contribution in [0.1, 0.15) is 28.3 Å². The Balaban J connectivity index is 1.88. The normalized spacial score (nSPS) is 10.5. The van der Waals surface area contributed by atoms with E-state index in [9.17, 15) is 4.79 Å². The maximum Gasteiger partial charge on any atom is 0.265 e. The molecule has 0 spiro atoms. The van der Waals surface area contributed by atoms with Gasteiger partial charge in [0.25, 0.3) is 5.91 Å². The number of carbonyl (C=O) groups is 1. The molecule has 0 aliphatic rings. The molecule has 0 saturated heterocycles. The molecule has 4 N–H and O–H groups in total. The van der Waals surface area contributed by atoms with Crippen molar-refractivity contribution in [1.82, 2.24) is 20.4 Å². The van der Waals surface area contributed by atoms with Crippen molar-refractivity contribution in [1.29, 1.82) is 0 Å². The molecule has 0 aromatic carbocycles. The molecule has 0 aliphatic carbocycles. The summed E-state index contributed by atoms with van der Waals surface area (Å²) in [5.41, 5.74) is 5.72. The standard InChI is InChI=1S/C11H16N6O2S/c1-3-13-11-16-9(12)8(20-11)10(18)14-5-4-7-15-6(2)19-17-7/h3-5,12H2,1-2H3,(H,13,16)(H,14,18). The largest absolute Gasteiger partial charge is 0.382 e. The number of nitrogens with zero attached hydrogens (tertiary/aromatic N) is 3. The van der Waals surface area contributed by atoms with E-state index in [0.29, 0.717) is 34.7 Å². The molecule has 0 atom stereocenters. The summed E-state index contributed by atoms with van der Waals surface area (Å²) in [6.07, 6.45) is 0.502. The average Bonchev–Trinajstić information content (AvgIpc) is 2.96. The second kappa shape index (κ2) is 6.33. The van der Waals surface area contributed by atoms with Crippen molar-refractivity contribution >= 4 is 28.2 Å². The van der Waals surface area contributed by atoms with Gasteiger partial charge in [-0.15, -0.1) is 0 Å². The fourth-order valence-electron chi connectivity index (χ4n) is 1.53. The second-order valence-electron chi connectivity index (χ2n) is 4.00. The van der Waals surface area contributed by atoms with E-state index in [1.165, 1.54) is 11.3 Å². The Kier molecular flexibility index (Phi) is 4.51. The van der Waals surface area contributed by atoms with Crippen LogP contribution in [0.2, 0.25) is 0 Å². The SMILES string of the molecule is CCNc1nc(N)c(C(=O)NCCc2noc(C)n2)s1. The first-order valence-corrected chi connectivity index (χ1v) is 6.99. The Bertz CT molecular complexity index is 594. The minimum atomic E-state index is -0.246. The van der Waals surface area contributed by atoms with Crippen LogP contribution in [0.3, 0.4) is 0 Å². The molecular formula is C11H16N6O2S. The second-order valence-corrected chi connectivity index (χ2v) is 5.00. The highest BCUT2D eigenvalue weighted by molar-refractivity contribution is 7.18. The molecular weight excluding hydrogens is 280 g/mol. The molecule has 8 nitrogen and oxygen atoms in total. The van der Waals surface area contributed by atoms with Crippen LogP contribution < -0.4 is 16.4 Å². The van der Waals surface area contributed by atoms with Crippen molar-refractivity contribution in [3.05, 3.63) is 16.6 Å². The van der Waals surface area contributed by atoms with E-state index in [0.717, 1.165) is 6.54 Å². The van der Waals surface area contributed by atoms with Crippen molar-refractivity contribution < 1.29 is 9.32 Å². The number of nitrogens with one attached hydrogen (secondary N) is 2. The summed E-state index contributed by atoms with van der Waals surface area (Å²) < 4.78 is 4.85. The summed E-state index contributed by atoms with van der Waals surface area (Å²) in [6.45, 7) is 4.80. The lowest BCUT2D eigenvalue weighted by Crippen LogP contribution is -2.25. The molecule has 2 heterocycles. The summed E-state index contributed by atoms with van der Waals surface area (Å²) in [5, 5.41) is 10.2. The van der Waals surface area contributed by atoms with E-state index in [2.05, 4.69) is 25.8 Å². The van der Waals surface area contributed by atoms with Crippen LogP contribution in [0.25, 0.3) is 0 Å². The third-order valence-electron chi connectivity index (χ3n) is 2.39.